The fourth-order valence-electron chi connectivity index (χ4n) is 4.39. The summed E-state index contributed by atoms with van der Waals surface area (Å²) in [5.41, 5.74) is 7.04. The fraction of sp³-hybridized carbons (Fsp3) is 0.200. The minimum Gasteiger partial charge on any atom is -0.394 e. The van der Waals surface area contributed by atoms with Crippen LogP contribution in [-0.4, -0.2) is 46.5 Å². The summed E-state index contributed by atoms with van der Waals surface area (Å²) in [5, 5.41) is 16.2. The molecule has 0 unspecified atom stereocenters. The number of nitrogens with zero attached hydrogens (tertiary/aromatic N) is 4. The average Bonchev–Trinajstić information content (AvgIpc) is 3.48. The van der Waals surface area contributed by atoms with Crippen molar-refractivity contribution in [3.8, 4) is 17.2 Å². The number of aromatic amines is 1. The fourth-order valence-corrected chi connectivity index (χ4v) is 4.39. The third-order valence-electron chi connectivity index (χ3n) is 6.03. The molecule has 8 nitrogen and oxygen atoms in total. The Morgan fingerprint density at radius 2 is 2.03 bits per heavy atom. The van der Waals surface area contributed by atoms with Gasteiger partial charge in [0, 0.05) is 60.3 Å². The van der Waals surface area contributed by atoms with Gasteiger partial charge in [0.25, 0.3) is 0 Å². The van der Waals surface area contributed by atoms with Gasteiger partial charge in [0.2, 0.25) is 0 Å². The van der Waals surface area contributed by atoms with Crippen molar-refractivity contribution in [2.75, 3.05) is 25.0 Å². The van der Waals surface area contributed by atoms with E-state index >= 15 is 0 Å². The molecule has 0 aliphatic carbocycles. The van der Waals surface area contributed by atoms with Gasteiger partial charge < -0.3 is 21.4 Å². The maximum atomic E-state index is 14.7. The van der Waals surface area contributed by atoms with E-state index in [2.05, 4.69) is 30.6 Å². The number of benzene rings is 1. The minimum atomic E-state index is -4.73. The van der Waals surface area contributed by atoms with Crippen LogP contribution in [0.2, 0.25) is 0 Å². The van der Waals surface area contributed by atoms with Crippen molar-refractivity contribution in [3.63, 3.8) is 0 Å². The van der Waals surface area contributed by atoms with Crippen LogP contribution in [0.4, 0.5) is 28.9 Å². The molecule has 0 bridgehead atoms. The SMILES string of the molecule is CCNc1cc(F)cc2c1[nH]c1ncc(-c3cncc(C#N)c3)c(N=C3CNCC3=C(N)C(F)(F)F)c12. The number of rotatable bonds is 4. The zero-order valence-electron chi connectivity index (χ0n) is 19.5. The highest BCUT2D eigenvalue weighted by Crippen LogP contribution is 2.42. The number of alkyl halides is 3. The second-order valence-electron chi connectivity index (χ2n) is 8.40. The second kappa shape index (κ2) is 9.18. The highest BCUT2D eigenvalue weighted by Gasteiger charge is 2.36. The van der Waals surface area contributed by atoms with E-state index in [0.29, 0.717) is 45.3 Å². The molecule has 5 rings (SSSR count). The number of nitrogens with one attached hydrogen (secondary N) is 3. The van der Waals surface area contributed by atoms with Crippen molar-refractivity contribution in [1.82, 2.24) is 20.3 Å². The normalized spacial score (nSPS) is 16.5. The molecule has 3 aromatic heterocycles. The van der Waals surface area contributed by atoms with E-state index in [-0.39, 0.29) is 35.6 Å². The van der Waals surface area contributed by atoms with E-state index in [1.165, 1.54) is 30.7 Å². The van der Waals surface area contributed by atoms with Gasteiger partial charge in [-0.2, -0.15) is 18.4 Å². The average molecular weight is 508 g/mol. The predicted molar refractivity (Wildman–Crippen MR) is 133 cm³/mol. The summed E-state index contributed by atoms with van der Waals surface area (Å²) in [7, 11) is 0. The summed E-state index contributed by atoms with van der Waals surface area (Å²) >= 11 is 0. The standard InChI is InChI=1S/C25H20F4N8/c1-2-34-18-5-14(26)4-15-20-22(36-19-11-33-9-17(19)23(31)25(27,28)29)16(10-35-24(20)37-21(15)18)13-3-12(6-30)7-32-8-13/h3-5,7-8,10,33-34H,2,9,11,31H2,1H3,(H,35,37). The molecule has 0 saturated carbocycles. The summed E-state index contributed by atoms with van der Waals surface area (Å²) < 4.78 is 55.0. The number of hydrogen-bond acceptors (Lipinski definition) is 7. The Bertz CT molecular complexity index is 1640. The molecule has 0 atom stereocenters. The number of pyridine rings is 2. The van der Waals surface area contributed by atoms with E-state index < -0.39 is 17.7 Å². The molecule has 37 heavy (non-hydrogen) atoms. The number of H-pyrrole nitrogens is 1. The lowest BCUT2D eigenvalue weighted by Crippen LogP contribution is -2.24. The summed E-state index contributed by atoms with van der Waals surface area (Å²) in [6, 6.07) is 6.26. The summed E-state index contributed by atoms with van der Waals surface area (Å²) in [5.74, 6) is -0.508. The van der Waals surface area contributed by atoms with Crippen LogP contribution in [0.1, 0.15) is 12.5 Å². The van der Waals surface area contributed by atoms with Crippen LogP contribution in [0.3, 0.4) is 0 Å². The first-order valence-corrected chi connectivity index (χ1v) is 11.3. The van der Waals surface area contributed by atoms with Gasteiger partial charge in [0.15, 0.2) is 0 Å². The van der Waals surface area contributed by atoms with Gasteiger partial charge in [-0.15, -0.1) is 0 Å². The molecule has 5 N–H and O–H groups in total. The lowest BCUT2D eigenvalue weighted by molar-refractivity contribution is -0.0931. The number of hydrogen-bond donors (Lipinski definition) is 4. The zero-order chi connectivity index (χ0) is 26.3. The van der Waals surface area contributed by atoms with Crippen LogP contribution in [0.25, 0.3) is 33.1 Å². The van der Waals surface area contributed by atoms with Crippen LogP contribution in [0.15, 0.2) is 53.1 Å². The molecule has 1 saturated heterocycles. The van der Waals surface area contributed by atoms with E-state index in [1.54, 1.807) is 6.07 Å². The van der Waals surface area contributed by atoms with Crippen molar-refractivity contribution >= 4 is 39.0 Å². The van der Waals surface area contributed by atoms with Crippen molar-refractivity contribution in [2.45, 2.75) is 13.1 Å². The number of anilines is 1. The van der Waals surface area contributed by atoms with E-state index in [9.17, 15) is 22.8 Å². The van der Waals surface area contributed by atoms with Gasteiger partial charge in [-0.3, -0.25) is 9.98 Å². The van der Waals surface area contributed by atoms with Crippen molar-refractivity contribution in [2.24, 2.45) is 10.7 Å². The summed E-state index contributed by atoms with van der Waals surface area (Å²) in [6.45, 7) is 2.34. The maximum absolute atomic E-state index is 14.7. The van der Waals surface area contributed by atoms with Gasteiger partial charge in [-0.25, -0.2) is 9.37 Å². The molecule has 0 spiro atoms. The number of halogens is 4. The molecule has 1 aromatic carbocycles. The Morgan fingerprint density at radius 1 is 1.22 bits per heavy atom. The highest BCUT2D eigenvalue weighted by atomic mass is 19.4. The number of nitriles is 1. The van der Waals surface area contributed by atoms with Gasteiger partial charge >= 0.3 is 6.18 Å². The second-order valence-corrected chi connectivity index (χ2v) is 8.40. The Kier molecular flexibility index (Phi) is 6.01. The van der Waals surface area contributed by atoms with Crippen LogP contribution >= 0.6 is 0 Å². The van der Waals surface area contributed by atoms with Gasteiger partial charge in [-0.05, 0) is 25.1 Å². The lowest BCUT2D eigenvalue weighted by atomic mass is 10.0. The first kappa shape index (κ1) is 24.2. The van der Waals surface area contributed by atoms with Crippen LogP contribution < -0.4 is 16.4 Å². The third kappa shape index (κ3) is 4.34. The maximum Gasteiger partial charge on any atom is 0.431 e. The van der Waals surface area contributed by atoms with E-state index in [1.807, 2.05) is 13.0 Å². The Balaban J connectivity index is 1.88. The molecule has 1 aliphatic heterocycles. The van der Waals surface area contributed by atoms with Crippen molar-refractivity contribution in [1.29, 1.82) is 5.26 Å². The molecule has 0 radical (unpaired) electrons. The first-order valence-electron chi connectivity index (χ1n) is 11.3. The van der Waals surface area contributed by atoms with Crippen LogP contribution in [0, 0.1) is 17.1 Å². The number of fused-ring (bicyclic) bond motifs is 3. The molecular formula is C25H20F4N8. The molecular weight excluding hydrogens is 488 g/mol. The largest absolute Gasteiger partial charge is 0.431 e. The van der Waals surface area contributed by atoms with Gasteiger partial charge in [0.1, 0.15) is 23.2 Å². The number of allylic oxidation sites excluding steroid dienone is 1. The summed E-state index contributed by atoms with van der Waals surface area (Å²) in [6.07, 6.45) is -0.344. The number of aromatic nitrogens is 3. The molecule has 0 amide bonds. The van der Waals surface area contributed by atoms with E-state index in [0.717, 1.165) is 0 Å². The third-order valence-corrected chi connectivity index (χ3v) is 6.03. The summed E-state index contributed by atoms with van der Waals surface area (Å²) in [4.78, 5) is 16.4. The quantitative estimate of drug-likeness (QED) is 0.297. The topological polar surface area (TPSA) is 128 Å². The smallest absolute Gasteiger partial charge is 0.394 e. The minimum absolute atomic E-state index is 0.0468. The van der Waals surface area contributed by atoms with Crippen LogP contribution in [0.5, 0.6) is 0 Å². The highest BCUT2D eigenvalue weighted by molar-refractivity contribution is 6.18. The van der Waals surface area contributed by atoms with Crippen molar-refractivity contribution < 1.29 is 17.6 Å². The zero-order valence-corrected chi connectivity index (χ0v) is 19.5. The monoisotopic (exact) mass is 508 g/mol. The molecule has 4 heterocycles. The molecule has 1 aliphatic rings. The first-order chi connectivity index (χ1) is 17.7. The number of aliphatic imine (C=N–C) groups is 1. The molecule has 188 valence electrons. The lowest BCUT2D eigenvalue weighted by Gasteiger charge is -2.12. The Labute approximate surface area is 207 Å². The predicted octanol–water partition coefficient (Wildman–Crippen LogP) is 4.67. The Morgan fingerprint density at radius 3 is 2.76 bits per heavy atom. The number of nitrogens with two attached hydrogens (primary N) is 1. The van der Waals surface area contributed by atoms with E-state index in [4.69, 9.17) is 5.73 Å². The Hall–Kier alpha value is -4.50. The van der Waals surface area contributed by atoms with Gasteiger partial charge in [-0.1, -0.05) is 0 Å². The molecule has 1 fully saturated rings. The molecule has 4 aromatic rings. The van der Waals surface area contributed by atoms with Crippen LogP contribution in [-0.2, 0) is 0 Å². The molecule has 12 heteroatoms. The van der Waals surface area contributed by atoms with Crippen molar-refractivity contribution in [3.05, 3.63) is 59.4 Å². The van der Waals surface area contributed by atoms with Gasteiger partial charge in [0.05, 0.1) is 33.6 Å².